The first-order valence-electron chi connectivity index (χ1n) is 4.67. The Morgan fingerprint density at radius 2 is 1.62 bits per heavy atom. The molecular formula is C11H14Br2. The zero-order valence-electron chi connectivity index (χ0n) is 7.82. The van der Waals surface area contributed by atoms with E-state index in [1.807, 2.05) is 0 Å². The molecule has 2 heteroatoms. The van der Waals surface area contributed by atoms with E-state index in [4.69, 9.17) is 0 Å². The highest BCUT2D eigenvalue weighted by molar-refractivity contribution is 9.11. The fourth-order valence-corrected chi connectivity index (χ4v) is 2.72. The summed E-state index contributed by atoms with van der Waals surface area (Å²) in [7, 11) is 0. The van der Waals surface area contributed by atoms with Gasteiger partial charge in [-0.2, -0.15) is 0 Å². The molecule has 13 heavy (non-hydrogen) atoms. The lowest BCUT2D eigenvalue weighted by Gasteiger charge is -2.02. The number of benzene rings is 1. The molecule has 0 atom stereocenters. The molecular weight excluding hydrogens is 292 g/mol. The number of hydrogen-bond acceptors (Lipinski definition) is 0. The molecule has 0 spiro atoms. The highest BCUT2D eigenvalue weighted by Gasteiger charge is 1.97. The second-order valence-corrected chi connectivity index (χ2v) is 5.07. The molecule has 0 bridgehead atoms. The second-order valence-electron chi connectivity index (χ2n) is 3.23. The van der Waals surface area contributed by atoms with Crippen LogP contribution in [0.15, 0.2) is 27.1 Å². The van der Waals surface area contributed by atoms with Crippen molar-refractivity contribution in [1.29, 1.82) is 0 Å². The van der Waals surface area contributed by atoms with Gasteiger partial charge in [0.1, 0.15) is 0 Å². The topological polar surface area (TPSA) is 0 Å². The lowest BCUT2D eigenvalue weighted by Crippen LogP contribution is -1.85. The molecule has 0 aliphatic heterocycles. The van der Waals surface area contributed by atoms with Gasteiger partial charge in [-0.15, -0.1) is 0 Å². The summed E-state index contributed by atoms with van der Waals surface area (Å²) in [6.07, 6.45) is 5.09. The molecule has 0 aliphatic rings. The summed E-state index contributed by atoms with van der Waals surface area (Å²) in [4.78, 5) is 0. The van der Waals surface area contributed by atoms with Gasteiger partial charge in [-0.1, -0.05) is 51.6 Å². The van der Waals surface area contributed by atoms with Crippen molar-refractivity contribution < 1.29 is 0 Å². The molecule has 0 unspecified atom stereocenters. The number of unbranched alkanes of at least 4 members (excludes halogenated alkanes) is 2. The fourth-order valence-electron chi connectivity index (χ4n) is 1.33. The summed E-state index contributed by atoms with van der Waals surface area (Å²) in [6.45, 7) is 2.23. The van der Waals surface area contributed by atoms with Gasteiger partial charge in [-0.05, 0) is 36.6 Å². The minimum atomic E-state index is 1.16. The van der Waals surface area contributed by atoms with Gasteiger partial charge in [-0.25, -0.2) is 0 Å². The third-order valence-electron chi connectivity index (χ3n) is 1.99. The van der Waals surface area contributed by atoms with Crippen LogP contribution in [0, 0.1) is 0 Å². The maximum absolute atomic E-state index is 3.49. The maximum atomic E-state index is 3.49. The van der Waals surface area contributed by atoms with Crippen LogP contribution < -0.4 is 0 Å². The average molecular weight is 306 g/mol. The molecule has 1 aromatic carbocycles. The molecule has 0 aromatic heterocycles. The normalized spacial score (nSPS) is 10.4. The van der Waals surface area contributed by atoms with Crippen LogP contribution in [0.4, 0.5) is 0 Å². The maximum Gasteiger partial charge on any atom is 0.0189 e. The van der Waals surface area contributed by atoms with Crippen molar-refractivity contribution in [3.05, 3.63) is 32.7 Å². The molecule has 0 amide bonds. The Morgan fingerprint density at radius 1 is 1.00 bits per heavy atom. The summed E-state index contributed by atoms with van der Waals surface area (Å²) in [6, 6.07) is 6.46. The van der Waals surface area contributed by atoms with E-state index < -0.39 is 0 Å². The SMILES string of the molecule is CCCCCc1cc(Br)cc(Br)c1. The highest BCUT2D eigenvalue weighted by Crippen LogP contribution is 2.21. The van der Waals surface area contributed by atoms with Gasteiger partial charge in [0.15, 0.2) is 0 Å². The Bertz CT molecular complexity index is 249. The van der Waals surface area contributed by atoms with E-state index in [-0.39, 0.29) is 0 Å². The molecule has 1 aromatic rings. The van der Waals surface area contributed by atoms with Crippen LogP contribution in [-0.4, -0.2) is 0 Å². The van der Waals surface area contributed by atoms with Gasteiger partial charge in [-0.3, -0.25) is 0 Å². The Balaban J connectivity index is 2.56. The van der Waals surface area contributed by atoms with E-state index >= 15 is 0 Å². The molecule has 0 saturated carbocycles. The van der Waals surface area contributed by atoms with Crippen molar-refractivity contribution in [2.24, 2.45) is 0 Å². The standard InChI is InChI=1S/C11H14Br2/c1-2-3-4-5-9-6-10(12)8-11(13)7-9/h6-8H,2-5H2,1H3. The van der Waals surface area contributed by atoms with Gasteiger partial charge in [0.2, 0.25) is 0 Å². The van der Waals surface area contributed by atoms with Crippen LogP contribution >= 0.6 is 31.9 Å². The first-order valence-corrected chi connectivity index (χ1v) is 6.26. The van der Waals surface area contributed by atoms with Crippen molar-refractivity contribution >= 4 is 31.9 Å². The van der Waals surface area contributed by atoms with Crippen molar-refractivity contribution in [2.75, 3.05) is 0 Å². The molecule has 0 N–H and O–H groups in total. The van der Waals surface area contributed by atoms with Gasteiger partial charge in [0.25, 0.3) is 0 Å². The lowest BCUT2D eigenvalue weighted by atomic mass is 10.1. The van der Waals surface area contributed by atoms with Gasteiger partial charge in [0.05, 0.1) is 0 Å². The predicted molar refractivity (Wildman–Crippen MR) is 65.1 cm³/mol. The monoisotopic (exact) mass is 304 g/mol. The number of hydrogen-bond donors (Lipinski definition) is 0. The highest BCUT2D eigenvalue weighted by atomic mass is 79.9. The Morgan fingerprint density at radius 3 is 2.15 bits per heavy atom. The lowest BCUT2D eigenvalue weighted by molar-refractivity contribution is 0.717. The molecule has 0 radical (unpaired) electrons. The van der Waals surface area contributed by atoms with Crippen molar-refractivity contribution in [3.8, 4) is 0 Å². The third-order valence-corrected chi connectivity index (χ3v) is 2.91. The van der Waals surface area contributed by atoms with Crippen LogP contribution in [0.2, 0.25) is 0 Å². The molecule has 0 fully saturated rings. The van der Waals surface area contributed by atoms with E-state index in [2.05, 4.69) is 57.0 Å². The largest absolute Gasteiger partial charge is 0.0654 e. The molecule has 72 valence electrons. The predicted octanol–water partition coefficient (Wildman–Crippen LogP) is 4.94. The summed E-state index contributed by atoms with van der Waals surface area (Å²) < 4.78 is 2.32. The van der Waals surface area contributed by atoms with Crippen LogP contribution in [0.25, 0.3) is 0 Å². The zero-order valence-corrected chi connectivity index (χ0v) is 11.0. The Kier molecular flexibility index (Phi) is 5.04. The van der Waals surface area contributed by atoms with Gasteiger partial charge >= 0.3 is 0 Å². The minimum absolute atomic E-state index is 1.16. The fraction of sp³-hybridized carbons (Fsp3) is 0.455. The summed E-state index contributed by atoms with van der Waals surface area (Å²) in [5, 5.41) is 0. The molecule has 0 aliphatic carbocycles. The summed E-state index contributed by atoms with van der Waals surface area (Å²) in [5.41, 5.74) is 1.41. The summed E-state index contributed by atoms with van der Waals surface area (Å²) >= 11 is 6.98. The summed E-state index contributed by atoms with van der Waals surface area (Å²) in [5.74, 6) is 0. The first-order chi connectivity index (χ1) is 6.22. The van der Waals surface area contributed by atoms with Gasteiger partial charge < -0.3 is 0 Å². The Labute approximate surface area is 97.0 Å². The number of halogens is 2. The molecule has 1 rings (SSSR count). The average Bonchev–Trinajstić information content (AvgIpc) is 2.03. The molecule has 0 saturated heterocycles. The van der Waals surface area contributed by atoms with E-state index in [0.29, 0.717) is 0 Å². The molecule has 0 nitrogen and oxygen atoms in total. The third kappa shape index (κ3) is 4.28. The van der Waals surface area contributed by atoms with Crippen LogP contribution in [-0.2, 0) is 6.42 Å². The second kappa shape index (κ2) is 5.82. The number of aryl methyl sites for hydroxylation is 1. The van der Waals surface area contributed by atoms with Crippen molar-refractivity contribution in [3.63, 3.8) is 0 Å². The smallest absolute Gasteiger partial charge is 0.0189 e. The van der Waals surface area contributed by atoms with E-state index in [0.717, 1.165) is 8.95 Å². The zero-order chi connectivity index (χ0) is 9.68. The van der Waals surface area contributed by atoms with Crippen LogP contribution in [0.5, 0.6) is 0 Å². The van der Waals surface area contributed by atoms with Gasteiger partial charge in [0, 0.05) is 8.95 Å². The van der Waals surface area contributed by atoms with E-state index in [1.165, 1.54) is 31.2 Å². The number of rotatable bonds is 4. The Hall–Kier alpha value is 0.180. The van der Waals surface area contributed by atoms with E-state index in [1.54, 1.807) is 0 Å². The quantitative estimate of drug-likeness (QED) is 0.691. The first kappa shape index (κ1) is 11.3. The van der Waals surface area contributed by atoms with Crippen LogP contribution in [0.3, 0.4) is 0 Å². The van der Waals surface area contributed by atoms with E-state index in [9.17, 15) is 0 Å². The van der Waals surface area contributed by atoms with Crippen molar-refractivity contribution in [1.82, 2.24) is 0 Å². The molecule has 0 heterocycles. The minimum Gasteiger partial charge on any atom is -0.0654 e. The van der Waals surface area contributed by atoms with Crippen molar-refractivity contribution in [2.45, 2.75) is 32.6 Å². The van der Waals surface area contributed by atoms with Crippen LogP contribution in [0.1, 0.15) is 31.7 Å².